The minimum atomic E-state index is 0.497. The molecular formula is C3H13Si3. The lowest BCUT2D eigenvalue weighted by molar-refractivity contribution is 1.19. The monoisotopic (exact) mass is 133 g/mol. The maximum absolute atomic E-state index is 2.54. The molecule has 1 radical (unpaired) electrons. The Morgan fingerprint density at radius 3 is 2.67 bits per heavy atom. The lowest BCUT2D eigenvalue weighted by atomic mass is 10.6. The highest BCUT2D eigenvalue weighted by molar-refractivity contribution is 7.24. The van der Waals surface area contributed by atoms with E-state index in [-0.39, 0.29) is 0 Å². The highest BCUT2D eigenvalue weighted by Crippen LogP contribution is 1.75. The Balaban J connectivity index is 2.34. The third-order valence-electron chi connectivity index (χ3n) is 0.781. The maximum Gasteiger partial charge on any atom is 0.00836 e. The van der Waals surface area contributed by atoms with E-state index in [0.29, 0.717) is 17.6 Å². The second-order valence-corrected chi connectivity index (χ2v) is 17.4. The zero-order valence-electron chi connectivity index (χ0n) is 4.70. The summed E-state index contributed by atoms with van der Waals surface area (Å²) in [5, 5.41) is 0. The van der Waals surface area contributed by atoms with Gasteiger partial charge in [-0.05, 0) is 18.3 Å². The van der Waals surface area contributed by atoms with Gasteiger partial charge < -0.3 is 0 Å². The van der Waals surface area contributed by atoms with Gasteiger partial charge in [-0.1, -0.05) is 19.4 Å². The van der Waals surface area contributed by atoms with Crippen LogP contribution in [-0.4, -0.2) is 27.4 Å². The summed E-state index contributed by atoms with van der Waals surface area (Å²) < 4.78 is 0. The Morgan fingerprint density at radius 2 is 2.50 bits per heavy atom. The van der Waals surface area contributed by atoms with E-state index in [1.165, 1.54) is 6.42 Å². The predicted octanol–water partition coefficient (Wildman–Crippen LogP) is -1.91. The van der Waals surface area contributed by atoms with Crippen LogP contribution in [0.25, 0.3) is 0 Å². The summed E-state index contributed by atoms with van der Waals surface area (Å²) >= 11 is 0. The van der Waals surface area contributed by atoms with Crippen LogP contribution in [0.1, 0.15) is 13.3 Å². The fourth-order valence-electron chi connectivity index (χ4n) is 0.408. The lowest BCUT2D eigenvalue weighted by Crippen LogP contribution is -2.02. The van der Waals surface area contributed by atoms with Crippen LogP contribution in [0, 0.1) is 6.04 Å². The number of hydrogen-bond acceptors (Lipinski definition) is 0. The molecule has 0 rings (SSSR count). The zero-order chi connectivity index (χ0) is 4.83. The molecule has 0 aliphatic heterocycles. The average Bonchev–Trinajstić information content (AvgIpc) is 1.61. The normalized spacial score (nSPS) is 13.5. The first-order valence-corrected chi connectivity index (χ1v) is 13.2. The van der Waals surface area contributed by atoms with E-state index in [4.69, 9.17) is 0 Å². The summed E-state index contributed by atoms with van der Waals surface area (Å²) in [7, 11) is 2.70. The van der Waals surface area contributed by atoms with Gasteiger partial charge in [-0.25, -0.2) is 0 Å². The van der Waals surface area contributed by atoms with Gasteiger partial charge in [0, 0.05) is 9.04 Å². The summed E-state index contributed by atoms with van der Waals surface area (Å²) in [6, 6.07) is 2.54. The van der Waals surface area contributed by atoms with Crippen molar-refractivity contribution >= 4 is 27.4 Å². The Morgan fingerprint density at radius 1 is 1.83 bits per heavy atom. The summed E-state index contributed by atoms with van der Waals surface area (Å²) in [4.78, 5) is 0. The van der Waals surface area contributed by atoms with Crippen LogP contribution in [0.15, 0.2) is 0 Å². The molecule has 0 fully saturated rings. The van der Waals surface area contributed by atoms with Crippen LogP contribution < -0.4 is 0 Å². The van der Waals surface area contributed by atoms with E-state index in [0.717, 1.165) is 0 Å². The number of hydrogen-bond donors (Lipinski definition) is 0. The topological polar surface area (TPSA) is 0 Å². The van der Waals surface area contributed by atoms with Crippen molar-refractivity contribution < 1.29 is 0 Å². The van der Waals surface area contributed by atoms with Crippen molar-refractivity contribution in [3.63, 3.8) is 0 Å². The molecule has 0 saturated carbocycles. The molecule has 0 saturated heterocycles. The molecule has 0 amide bonds. The second kappa shape index (κ2) is 5.65. The van der Waals surface area contributed by atoms with Gasteiger partial charge in [0.15, 0.2) is 0 Å². The van der Waals surface area contributed by atoms with Crippen molar-refractivity contribution in [1.82, 2.24) is 0 Å². The maximum atomic E-state index is 2.54. The fourth-order valence-corrected chi connectivity index (χ4v) is 7.35. The molecule has 0 aliphatic carbocycles. The lowest BCUT2D eigenvalue weighted by Gasteiger charge is -1.83. The van der Waals surface area contributed by atoms with Crippen LogP contribution in [0.4, 0.5) is 0 Å². The standard InChI is InChI=1S/C3H13Si3/c1-2-3-5-6-4/h3H,2,5-6H2,1,4H3. The molecule has 0 spiro atoms. The first-order valence-electron chi connectivity index (χ1n) is 2.73. The van der Waals surface area contributed by atoms with Crippen LogP contribution in [0.2, 0.25) is 0 Å². The van der Waals surface area contributed by atoms with Crippen molar-refractivity contribution in [2.24, 2.45) is 0 Å². The van der Waals surface area contributed by atoms with Crippen molar-refractivity contribution in [3.05, 3.63) is 6.04 Å². The number of rotatable bonds is 3. The van der Waals surface area contributed by atoms with Gasteiger partial charge in [0.05, 0.1) is 0 Å². The van der Waals surface area contributed by atoms with Gasteiger partial charge in [0.25, 0.3) is 0 Å². The summed E-state index contributed by atoms with van der Waals surface area (Å²) in [5.41, 5.74) is 0. The van der Waals surface area contributed by atoms with E-state index in [2.05, 4.69) is 13.0 Å². The first-order chi connectivity index (χ1) is 2.91. The van der Waals surface area contributed by atoms with Gasteiger partial charge in [0.2, 0.25) is 0 Å². The zero-order valence-corrected chi connectivity index (χ0v) is 9.53. The molecule has 0 nitrogen and oxygen atoms in total. The van der Waals surface area contributed by atoms with Crippen LogP contribution in [0.3, 0.4) is 0 Å². The Labute approximate surface area is 47.4 Å². The van der Waals surface area contributed by atoms with E-state index in [1.807, 2.05) is 0 Å². The SMILES string of the molecule is CC[CH][SiH2][SiH2][SiH3]. The summed E-state index contributed by atoms with van der Waals surface area (Å²) in [6.07, 6.45) is 1.35. The molecule has 0 atom stereocenters. The largest absolute Gasteiger partial charge is 0.0654 e. The average molecular weight is 133 g/mol. The van der Waals surface area contributed by atoms with E-state index >= 15 is 0 Å². The minimum absolute atomic E-state index is 0.497. The molecule has 3 heteroatoms. The molecule has 0 aromatic rings. The van der Waals surface area contributed by atoms with Crippen LogP contribution in [-0.2, 0) is 0 Å². The van der Waals surface area contributed by atoms with E-state index < -0.39 is 0 Å². The molecule has 0 N–H and O–H groups in total. The van der Waals surface area contributed by atoms with Gasteiger partial charge in [-0.15, -0.1) is 0 Å². The molecule has 0 bridgehead atoms. The van der Waals surface area contributed by atoms with Gasteiger partial charge in [0.1, 0.15) is 0 Å². The molecule has 0 aromatic carbocycles. The highest BCUT2D eigenvalue weighted by Gasteiger charge is 1.78. The Hall–Kier alpha value is 0.651. The molecular weight excluding hydrogens is 120 g/mol. The van der Waals surface area contributed by atoms with Gasteiger partial charge in [-0.2, -0.15) is 0 Å². The van der Waals surface area contributed by atoms with Crippen molar-refractivity contribution in [3.8, 4) is 0 Å². The van der Waals surface area contributed by atoms with E-state index in [1.54, 1.807) is 9.76 Å². The quantitative estimate of drug-likeness (QED) is 0.311. The van der Waals surface area contributed by atoms with Gasteiger partial charge in [-0.3, -0.25) is 0 Å². The van der Waals surface area contributed by atoms with Crippen LogP contribution in [0.5, 0.6) is 0 Å². The molecule has 0 heterocycles. The molecule has 37 valence electrons. The van der Waals surface area contributed by atoms with E-state index in [9.17, 15) is 0 Å². The molecule has 0 aliphatic rings. The first kappa shape index (κ1) is 6.65. The predicted molar refractivity (Wildman–Crippen MR) is 41.6 cm³/mol. The van der Waals surface area contributed by atoms with Crippen LogP contribution >= 0.6 is 0 Å². The van der Waals surface area contributed by atoms with Gasteiger partial charge >= 0.3 is 0 Å². The minimum Gasteiger partial charge on any atom is -0.0654 e. The fraction of sp³-hybridized carbons (Fsp3) is 0.667. The highest BCUT2D eigenvalue weighted by atomic mass is 29.5. The van der Waals surface area contributed by atoms with Crippen molar-refractivity contribution in [2.45, 2.75) is 13.3 Å². The third-order valence-corrected chi connectivity index (χ3v) is 10.5. The summed E-state index contributed by atoms with van der Waals surface area (Å²) in [6.45, 7) is 2.25. The van der Waals surface area contributed by atoms with Crippen molar-refractivity contribution in [1.29, 1.82) is 0 Å². The summed E-state index contributed by atoms with van der Waals surface area (Å²) in [5.74, 6) is 0. The Kier molecular flexibility index (Phi) is 6.26. The second-order valence-electron chi connectivity index (χ2n) is 1.49. The Bertz CT molecular complexity index is 18.0. The third kappa shape index (κ3) is 4.65. The van der Waals surface area contributed by atoms with Crippen molar-refractivity contribution in [2.75, 3.05) is 0 Å². The molecule has 0 aromatic heterocycles. The smallest absolute Gasteiger partial charge is 0.00836 e. The molecule has 0 unspecified atom stereocenters. The molecule has 6 heavy (non-hydrogen) atoms.